The zero-order valence-corrected chi connectivity index (χ0v) is 13.5. The summed E-state index contributed by atoms with van der Waals surface area (Å²) in [7, 11) is -3.42. The fourth-order valence-corrected chi connectivity index (χ4v) is 4.81. The van der Waals surface area contributed by atoms with Crippen LogP contribution in [0.25, 0.3) is 0 Å². The average molecular weight is 385 g/mol. The molecule has 0 spiro atoms. The molecule has 20 heavy (non-hydrogen) atoms. The van der Waals surface area contributed by atoms with E-state index < -0.39 is 26.8 Å². The van der Waals surface area contributed by atoms with Crippen molar-refractivity contribution < 1.29 is 17.6 Å². The lowest BCUT2D eigenvalue weighted by Crippen LogP contribution is -2.39. The molecule has 1 fully saturated rings. The minimum atomic E-state index is -3.42. The second-order valence-electron chi connectivity index (χ2n) is 4.59. The molecule has 0 aliphatic carbocycles. The summed E-state index contributed by atoms with van der Waals surface area (Å²) < 4.78 is 37.1. The Balaban J connectivity index is 2.24. The van der Waals surface area contributed by atoms with Crippen molar-refractivity contribution in [2.45, 2.75) is 24.5 Å². The highest BCUT2D eigenvalue weighted by atomic mass is 79.9. The first-order valence-electron chi connectivity index (χ1n) is 5.98. The number of amides is 1. The first-order chi connectivity index (χ1) is 9.31. The second kappa shape index (κ2) is 5.99. The largest absolute Gasteiger partial charge is 0.323 e. The number of sulfone groups is 1. The Morgan fingerprint density at radius 1 is 1.40 bits per heavy atom. The zero-order valence-electron chi connectivity index (χ0n) is 10.3. The van der Waals surface area contributed by atoms with Gasteiger partial charge in [0.15, 0.2) is 9.84 Å². The van der Waals surface area contributed by atoms with E-state index in [0.29, 0.717) is 19.3 Å². The van der Waals surface area contributed by atoms with Crippen molar-refractivity contribution >= 4 is 49.0 Å². The molecule has 1 saturated heterocycles. The molecule has 1 atom stereocenters. The Labute approximate surface area is 129 Å². The van der Waals surface area contributed by atoms with Crippen LogP contribution in [0.15, 0.2) is 16.6 Å². The molecular weight excluding hydrogens is 373 g/mol. The molecule has 2 rings (SSSR count). The van der Waals surface area contributed by atoms with E-state index in [4.69, 9.17) is 11.6 Å². The Morgan fingerprint density at radius 3 is 2.70 bits per heavy atom. The molecule has 1 aromatic rings. The molecule has 0 radical (unpaired) electrons. The van der Waals surface area contributed by atoms with Gasteiger partial charge in [-0.25, -0.2) is 12.8 Å². The van der Waals surface area contributed by atoms with Gasteiger partial charge in [-0.1, -0.05) is 18.0 Å². The number of nitrogens with one attached hydrogen (secondary N) is 1. The van der Waals surface area contributed by atoms with Crippen molar-refractivity contribution in [2.75, 3.05) is 11.1 Å². The molecule has 0 bridgehead atoms. The molecule has 4 nitrogen and oxygen atoms in total. The van der Waals surface area contributed by atoms with E-state index in [0.717, 1.165) is 12.1 Å². The number of anilines is 1. The summed E-state index contributed by atoms with van der Waals surface area (Å²) >= 11 is 8.95. The smallest absolute Gasteiger partial charge is 0.242 e. The summed E-state index contributed by atoms with van der Waals surface area (Å²) in [5.41, 5.74) is 0.179. The van der Waals surface area contributed by atoms with Gasteiger partial charge >= 0.3 is 0 Å². The van der Waals surface area contributed by atoms with E-state index in [9.17, 15) is 17.6 Å². The minimum Gasteiger partial charge on any atom is -0.323 e. The van der Waals surface area contributed by atoms with E-state index in [2.05, 4.69) is 21.2 Å². The van der Waals surface area contributed by atoms with Gasteiger partial charge in [0, 0.05) is 4.47 Å². The Morgan fingerprint density at radius 2 is 2.10 bits per heavy atom. The molecule has 1 heterocycles. The first-order valence-corrected chi connectivity index (χ1v) is 8.87. The Bertz CT molecular complexity index is 627. The minimum absolute atomic E-state index is 0.0124. The van der Waals surface area contributed by atoms with Crippen molar-refractivity contribution in [1.82, 2.24) is 0 Å². The molecule has 1 aromatic carbocycles. The predicted octanol–water partition coefficient (Wildman–Crippen LogP) is 3.15. The molecule has 1 aliphatic heterocycles. The van der Waals surface area contributed by atoms with Gasteiger partial charge in [0.25, 0.3) is 0 Å². The predicted molar refractivity (Wildman–Crippen MR) is 79.2 cm³/mol. The van der Waals surface area contributed by atoms with Crippen molar-refractivity contribution in [2.24, 2.45) is 0 Å². The molecule has 1 unspecified atom stereocenters. The number of hydrogen-bond acceptors (Lipinski definition) is 3. The van der Waals surface area contributed by atoms with Gasteiger partial charge in [-0.15, -0.1) is 0 Å². The van der Waals surface area contributed by atoms with E-state index >= 15 is 0 Å². The summed E-state index contributed by atoms with van der Waals surface area (Å²) in [5.74, 6) is -1.16. The fraction of sp³-hybridized carbons (Fsp3) is 0.417. The highest BCUT2D eigenvalue weighted by Gasteiger charge is 2.35. The average Bonchev–Trinajstić information content (AvgIpc) is 2.32. The second-order valence-corrected chi connectivity index (χ2v) is 8.15. The van der Waals surface area contributed by atoms with Gasteiger partial charge in [-0.3, -0.25) is 4.79 Å². The van der Waals surface area contributed by atoms with Crippen LogP contribution in [0.3, 0.4) is 0 Å². The van der Waals surface area contributed by atoms with Crippen LogP contribution >= 0.6 is 27.5 Å². The molecular formula is C12H12BrClFNO3S. The van der Waals surface area contributed by atoms with Crippen LogP contribution in [0, 0.1) is 5.82 Å². The third-order valence-electron chi connectivity index (χ3n) is 3.13. The van der Waals surface area contributed by atoms with E-state index in [1.165, 1.54) is 0 Å². The molecule has 0 saturated carbocycles. The van der Waals surface area contributed by atoms with Crippen molar-refractivity contribution in [3.63, 3.8) is 0 Å². The molecule has 110 valence electrons. The van der Waals surface area contributed by atoms with Crippen LogP contribution < -0.4 is 5.32 Å². The lowest BCUT2D eigenvalue weighted by molar-refractivity contribution is -0.116. The fourth-order valence-electron chi connectivity index (χ4n) is 2.11. The molecule has 8 heteroatoms. The van der Waals surface area contributed by atoms with Gasteiger partial charge in [0.2, 0.25) is 5.91 Å². The topological polar surface area (TPSA) is 63.2 Å². The Kier molecular flexibility index (Phi) is 4.71. The van der Waals surface area contributed by atoms with Crippen LogP contribution in [0.2, 0.25) is 5.02 Å². The van der Waals surface area contributed by atoms with Crippen LogP contribution in [0.5, 0.6) is 0 Å². The Hall–Kier alpha value is -0.660. The quantitative estimate of drug-likeness (QED) is 0.852. The van der Waals surface area contributed by atoms with Crippen molar-refractivity contribution in [3.05, 3.63) is 27.4 Å². The highest BCUT2D eigenvalue weighted by Crippen LogP contribution is 2.32. The molecule has 1 aliphatic rings. The SMILES string of the molecule is O=C(Nc1c(Cl)cc(F)cc1Br)C1CCCCS1(=O)=O. The maximum Gasteiger partial charge on any atom is 0.242 e. The van der Waals surface area contributed by atoms with Gasteiger partial charge in [0.1, 0.15) is 11.1 Å². The standard InChI is InChI=1S/C12H12BrClFNO3S/c13-8-5-7(15)6-9(14)11(8)16-12(17)10-3-1-2-4-20(10,18)19/h5-6,10H,1-4H2,(H,16,17). The summed E-state index contributed by atoms with van der Waals surface area (Å²) in [6, 6.07) is 2.20. The number of halogens is 3. The van der Waals surface area contributed by atoms with Crippen LogP contribution in [0.4, 0.5) is 10.1 Å². The normalized spacial score (nSPS) is 21.4. The van der Waals surface area contributed by atoms with Gasteiger partial charge in [-0.2, -0.15) is 0 Å². The maximum atomic E-state index is 13.1. The lowest BCUT2D eigenvalue weighted by atomic mass is 10.2. The maximum absolute atomic E-state index is 13.1. The van der Waals surface area contributed by atoms with E-state index in [-0.39, 0.29) is 20.9 Å². The number of carbonyl (C=O) groups is 1. The third kappa shape index (κ3) is 3.32. The van der Waals surface area contributed by atoms with E-state index in [1.54, 1.807) is 0 Å². The van der Waals surface area contributed by atoms with Crippen LogP contribution in [0.1, 0.15) is 19.3 Å². The van der Waals surface area contributed by atoms with Gasteiger partial charge in [-0.05, 0) is 40.9 Å². The summed E-state index contributed by atoms with van der Waals surface area (Å²) in [6.45, 7) is 0. The third-order valence-corrected chi connectivity index (χ3v) is 6.22. The molecule has 0 aromatic heterocycles. The van der Waals surface area contributed by atoms with Crippen LogP contribution in [-0.2, 0) is 14.6 Å². The van der Waals surface area contributed by atoms with Gasteiger partial charge < -0.3 is 5.32 Å². The van der Waals surface area contributed by atoms with Crippen molar-refractivity contribution in [3.8, 4) is 0 Å². The number of benzene rings is 1. The van der Waals surface area contributed by atoms with Crippen molar-refractivity contribution in [1.29, 1.82) is 0 Å². The summed E-state index contributed by atoms with van der Waals surface area (Å²) in [4.78, 5) is 12.1. The summed E-state index contributed by atoms with van der Waals surface area (Å²) in [6.07, 6.45) is 1.56. The number of carbonyl (C=O) groups excluding carboxylic acids is 1. The lowest BCUT2D eigenvalue weighted by Gasteiger charge is -2.22. The molecule has 1 amide bonds. The first kappa shape index (κ1) is 15.7. The van der Waals surface area contributed by atoms with E-state index in [1.807, 2.05) is 0 Å². The molecule has 1 N–H and O–H groups in total. The monoisotopic (exact) mass is 383 g/mol. The number of rotatable bonds is 2. The van der Waals surface area contributed by atoms with Crippen LogP contribution in [-0.4, -0.2) is 25.3 Å². The number of hydrogen-bond donors (Lipinski definition) is 1. The summed E-state index contributed by atoms with van der Waals surface area (Å²) in [5, 5.41) is 1.41. The zero-order chi connectivity index (χ0) is 14.9. The van der Waals surface area contributed by atoms with Gasteiger partial charge in [0.05, 0.1) is 16.5 Å². The highest BCUT2D eigenvalue weighted by molar-refractivity contribution is 9.10.